The predicted octanol–water partition coefficient (Wildman–Crippen LogP) is 3.01. The van der Waals surface area contributed by atoms with Crippen molar-refractivity contribution in [2.24, 2.45) is 0 Å². The molecule has 3 N–H and O–H groups in total. The van der Waals surface area contributed by atoms with Crippen molar-refractivity contribution >= 4 is 34.1 Å². The Kier molecular flexibility index (Phi) is 5.49. The Labute approximate surface area is 158 Å². The minimum Gasteiger partial charge on any atom is -0.378 e. The molecule has 0 aliphatic carbocycles. The smallest absolute Gasteiger partial charge is 0.320 e. The molecular weight excluding hydrogens is 342 g/mol. The van der Waals surface area contributed by atoms with Gasteiger partial charge < -0.3 is 10.6 Å². The zero-order valence-corrected chi connectivity index (χ0v) is 15.7. The fourth-order valence-electron chi connectivity index (χ4n) is 2.95. The van der Waals surface area contributed by atoms with E-state index in [9.17, 15) is 9.59 Å². The van der Waals surface area contributed by atoms with Crippen molar-refractivity contribution in [3.63, 3.8) is 0 Å². The van der Waals surface area contributed by atoms with Gasteiger partial charge in [-0.05, 0) is 25.5 Å². The zero-order valence-electron chi connectivity index (χ0n) is 15.7. The number of anilines is 1. The Balaban J connectivity index is 1.83. The van der Waals surface area contributed by atoms with Crippen LogP contribution < -0.4 is 16.0 Å². The number of amides is 2. The number of Topliss-reactive ketones (excluding diaryl/α,β-unsaturated/α-hetero) is 1. The summed E-state index contributed by atoms with van der Waals surface area (Å²) in [7, 11) is 0. The summed E-state index contributed by atoms with van der Waals surface area (Å²) in [5, 5.41) is 9.36. The minimum atomic E-state index is -0.295. The Morgan fingerprint density at radius 3 is 2.70 bits per heavy atom. The first-order valence-corrected chi connectivity index (χ1v) is 9.00. The summed E-state index contributed by atoms with van der Waals surface area (Å²) in [6.45, 7) is 6.25. The van der Waals surface area contributed by atoms with Gasteiger partial charge in [0, 0.05) is 54.1 Å². The molecule has 0 fully saturated rings. The van der Waals surface area contributed by atoms with Crippen LogP contribution in [-0.2, 0) is 4.79 Å². The fourth-order valence-corrected chi connectivity index (χ4v) is 2.95. The van der Waals surface area contributed by atoms with Gasteiger partial charge in [0.2, 0.25) is 0 Å². The lowest BCUT2D eigenvalue weighted by molar-refractivity contribution is -0.119. The number of allylic oxidation sites excluding steroid dienone is 2. The molecule has 1 atom stereocenters. The number of ketones is 1. The number of urea groups is 1. The summed E-state index contributed by atoms with van der Waals surface area (Å²) in [6.07, 6.45) is 7.79. The Bertz CT molecular complexity index is 949. The van der Waals surface area contributed by atoms with E-state index >= 15 is 0 Å². The lowest BCUT2D eigenvalue weighted by atomic mass is 9.94. The van der Waals surface area contributed by atoms with Gasteiger partial charge in [-0.1, -0.05) is 13.0 Å². The van der Waals surface area contributed by atoms with Gasteiger partial charge >= 0.3 is 6.03 Å². The monoisotopic (exact) mass is 365 g/mol. The number of rotatable bonds is 5. The average Bonchev–Trinajstić information content (AvgIpc) is 2.67. The van der Waals surface area contributed by atoms with E-state index in [1.54, 1.807) is 18.5 Å². The quantitative estimate of drug-likeness (QED) is 0.757. The molecule has 27 heavy (non-hydrogen) atoms. The van der Waals surface area contributed by atoms with Gasteiger partial charge in [0.05, 0.1) is 5.52 Å². The van der Waals surface area contributed by atoms with Crippen LogP contribution in [0.2, 0.25) is 0 Å². The molecule has 3 heterocycles. The molecule has 0 spiro atoms. The lowest BCUT2D eigenvalue weighted by Crippen LogP contribution is -2.33. The Morgan fingerprint density at radius 2 is 2.00 bits per heavy atom. The molecule has 0 saturated heterocycles. The van der Waals surface area contributed by atoms with Crippen LogP contribution in [0.1, 0.15) is 32.8 Å². The highest BCUT2D eigenvalue weighted by Crippen LogP contribution is 2.27. The van der Waals surface area contributed by atoms with Crippen molar-refractivity contribution in [2.45, 2.75) is 33.2 Å². The van der Waals surface area contributed by atoms with E-state index in [0.29, 0.717) is 18.8 Å². The topological polar surface area (TPSA) is 96.0 Å². The first-order chi connectivity index (χ1) is 13.0. The van der Waals surface area contributed by atoms with Gasteiger partial charge in [-0.3, -0.25) is 15.1 Å². The second-order valence-electron chi connectivity index (χ2n) is 6.34. The number of pyridine rings is 2. The van der Waals surface area contributed by atoms with Crippen molar-refractivity contribution in [1.29, 1.82) is 0 Å². The molecule has 0 saturated carbocycles. The third-order valence-corrected chi connectivity index (χ3v) is 4.40. The maximum Gasteiger partial charge on any atom is 0.320 e. The standard InChI is InChI=1S/C20H23N5O2/c1-4-18(26)17-6-12(3)15(11-23-17)13-7-14-10-24-19(8-16(14)22-9-13)25-20(27)21-5-2/h6-11,17,23H,4-5H2,1-3H3,(H2,21,24,25,27). The third-order valence-electron chi connectivity index (χ3n) is 4.40. The van der Waals surface area contributed by atoms with Crippen LogP contribution in [0.25, 0.3) is 16.5 Å². The highest BCUT2D eigenvalue weighted by Gasteiger charge is 2.19. The molecule has 7 heteroatoms. The molecule has 1 aliphatic heterocycles. The number of nitrogens with zero attached hydrogens (tertiary/aromatic N) is 2. The van der Waals surface area contributed by atoms with Gasteiger partial charge in [-0.2, -0.15) is 0 Å². The largest absolute Gasteiger partial charge is 0.378 e. The van der Waals surface area contributed by atoms with Crippen molar-refractivity contribution in [2.75, 3.05) is 11.9 Å². The molecular formula is C20H23N5O2. The van der Waals surface area contributed by atoms with Gasteiger partial charge in [0.15, 0.2) is 5.78 Å². The normalized spacial score (nSPS) is 16.2. The molecule has 2 aromatic heterocycles. The van der Waals surface area contributed by atoms with E-state index < -0.39 is 0 Å². The number of aromatic nitrogens is 2. The van der Waals surface area contributed by atoms with Crippen molar-refractivity contribution in [3.05, 3.63) is 47.9 Å². The number of fused-ring (bicyclic) bond motifs is 1. The van der Waals surface area contributed by atoms with Crippen LogP contribution in [0.15, 0.2) is 42.4 Å². The summed E-state index contributed by atoms with van der Waals surface area (Å²) in [5.74, 6) is 0.613. The van der Waals surface area contributed by atoms with Crippen LogP contribution >= 0.6 is 0 Å². The number of hydrogen-bond donors (Lipinski definition) is 3. The zero-order chi connectivity index (χ0) is 19.4. The summed E-state index contributed by atoms with van der Waals surface area (Å²) >= 11 is 0. The van der Waals surface area contributed by atoms with E-state index in [2.05, 4.69) is 25.9 Å². The molecule has 2 aromatic rings. The van der Waals surface area contributed by atoms with E-state index in [4.69, 9.17) is 0 Å². The Hall–Kier alpha value is -3.22. The summed E-state index contributed by atoms with van der Waals surface area (Å²) in [5.41, 5.74) is 3.71. The molecule has 0 aromatic carbocycles. The molecule has 140 valence electrons. The second kappa shape index (κ2) is 7.99. The van der Waals surface area contributed by atoms with Crippen LogP contribution in [0.3, 0.4) is 0 Å². The van der Waals surface area contributed by atoms with E-state index in [1.165, 1.54) is 0 Å². The van der Waals surface area contributed by atoms with Gasteiger partial charge in [-0.25, -0.2) is 9.78 Å². The van der Waals surface area contributed by atoms with Crippen molar-refractivity contribution < 1.29 is 9.59 Å². The highest BCUT2D eigenvalue weighted by atomic mass is 16.2. The molecule has 2 amide bonds. The maximum atomic E-state index is 11.9. The first kappa shape index (κ1) is 18.6. The molecule has 1 unspecified atom stereocenters. The first-order valence-electron chi connectivity index (χ1n) is 9.00. The maximum absolute atomic E-state index is 11.9. The number of hydrogen-bond acceptors (Lipinski definition) is 5. The summed E-state index contributed by atoms with van der Waals surface area (Å²) in [6, 6.07) is 3.17. The predicted molar refractivity (Wildman–Crippen MR) is 106 cm³/mol. The van der Waals surface area contributed by atoms with Crippen LogP contribution in [0, 0.1) is 0 Å². The number of dihydropyridines is 1. The number of carbonyl (C=O) groups is 2. The third kappa shape index (κ3) is 4.13. The summed E-state index contributed by atoms with van der Waals surface area (Å²) < 4.78 is 0. The fraction of sp³-hybridized carbons (Fsp3) is 0.300. The Morgan fingerprint density at radius 1 is 1.19 bits per heavy atom. The van der Waals surface area contributed by atoms with Gasteiger partial charge in [0.1, 0.15) is 11.9 Å². The highest BCUT2D eigenvalue weighted by molar-refractivity contribution is 5.93. The second-order valence-corrected chi connectivity index (χ2v) is 6.34. The SMILES string of the molecule is CCNC(=O)Nc1cc2ncc(C3=CNC(C(=O)CC)C=C3C)cc2cn1. The van der Waals surface area contributed by atoms with Crippen molar-refractivity contribution in [3.8, 4) is 0 Å². The van der Waals surface area contributed by atoms with Gasteiger partial charge in [0.25, 0.3) is 0 Å². The molecule has 0 radical (unpaired) electrons. The molecule has 1 aliphatic rings. The molecule has 3 rings (SSSR count). The lowest BCUT2D eigenvalue weighted by Gasteiger charge is -2.21. The summed E-state index contributed by atoms with van der Waals surface area (Å²) in [4.78, 5) is 32.3. The van der Waals surface area contributed by atoms with Crippen molar-refractivity contribution in [1.82, 2.24) is 20.6 Å². The number of carbonyl (C=O) groups excluding carboxylic acids is 2. The minimum absolute atomic E-state index is 0.164. The van der Waals surface area contributed by atoms with E-state index in [-0.39, 0.29) is 17.9 Å². The average molecular weight is 365 g/mol. The van der Waals surface area contributed by atoms with E-state index in [1.807, 2.05) is 39.1 Å². The van der Waals surface area contributed by atoms with Crippen LogP contribution in [0.4, 0.5) is 10.6 Å². The molecule has 7 nitrogen and oxygen atoms in total. The van der Waals surface area contributed by atoms with Crippen LogP contribution in [-0.4, -0.2) is 34.4 Å². The molecule has 0 bridgehead atoms. The van der Waals surface area contributed by atoms with E-state index in [0.717, 1.165) is 27.6 Å². The van der Waals surface area contributed by atoms with Gasteiger partial charge in [-0.15, -0.1) is 0 Å². The number of nitrogens with one attached hydrogen (secondary N) is 3. The van der Waals surface area contributed by atoms with Crippen LogP contribution in [0.5, 0.6) is 0 Å².